The van der Waals surface area contributed by atoms with E-state index in [-0.39, 0.29) is 123 Å². The van der Waals surface area contributed by atoms with E-state index in [0.717, 1.165) is 30.4 Å². The highest BCUT2D eigenvalue weighted by molar-refractivity contribution is 5.70. The fraction of sp³-hybridized carbons (Fsp3) is 0.921. The molecule has 472 valence electrons. The van der Waals surface area contributed by atoms with Crippen LogP contribution in [0, 0.1) is 29.6 Å². The van der Waals surface area contributed by atoms with E-state index in [0.29, 0.717) is 76.5 Å². The van der Waals surface area contributed by atoms with Crippen LogP contribution >= 0.6 is 0 Å². The van der Waals surface area contributed by atoms with Crippen molar-refractivity contribution in [3.05, 3.63) is 24.3 Å². The summed E-state index contributed by atoms with van der Waals surface area (Å²) in [4.78, 5) is 14.1. The maximum Gasteiger partial charge on any atom is 0.308 e. The molecule has 2 spiro atoms. The molecule has 84 heavy (non-hydrogen) atoms. The number of hydrogen-bond donors (Lipinski definition) is 5. The molecule has 14 heterocycles. The van der Waals surface area contributed by atoms with Crippen LogP contribution < -0.4 is 0 Å². The lowest BCUT2D eigenvalue weighted by Gasteiger charge is -2.54. The lowest BCUT2D eigenvalue weighted by molar-refractivity contribution is -0.369. The number of ether oxygens (including phenoxy) is 15. The summed E-state index contributed by atoms with van der Waals surface area (Å²) in [5.74, 6) is -6.51. The molecule has 21 heteroatoms. The van der Waals surface area contributed by atoms with Gasteiger partial charge in [-0.3, -0.25) is 4.79 Å². The molecule has 21 nitrogen and oxygen atoms in total. The van der Waals surface area contributed by atoms with Crippen LogP contribution in [0.25, 0.3) is 0 Å². The van der Waals surface area contributed by atoms with Gasteiger partial charge in [0.1, 0.15) is 24.4 Å². The Morgan fingerprint density at radius 1 is 0.607 bits per heavy atom. The molecule has 0 aromatic rings. The minimum absolute atomic E-state index is 0.0139. The quantitative estimate of drug-likeness (QED) is 0.109. The van der Waals surface area contributed by atoms with Gasteiger partial charge in [-0.05, 0) is 87.7 Å². The van der Waals surface area contributed by atoms with Crippen molar-refractivity contribution in [2.24, 2.45) is 29.6 Å². The van der Waals surface area contributed by atoms with Crippen LogP contribution in [0.1, 0.15) is 151 Å². The zero-order chi connectivity index (χ0) is 58.7. The average molecular weight is 1190 g/mol. The minimum Gasteiger partial charge on any atom is -0.459 e. The average Bonchev–Trinajstić information content (AvgIpc) is 1.61. The van der Waals surface area contributed by atoms with Crippen molar-refractivity contribution in [2.45, 2.75) is 327 Å². The second-order valence-corrected chi connectivity index (χ2v) is 28.7. The summed E-state index contributed by atoms with van der Waals surface area (Å²) in [7, 11) is 0. The molecular weight excluding hydrogens is 1090 g/mol. The lowest BCUT2D eigenvalue weighted by atomic mass is 9.78. The van der Waals surface area contributed by atoms with Crippen molar-refractivity contribution >= 4 is 5.97 Å². The molecule has 14 saturated heterocycles. The maximum absolute atomic E-state index is 14.1. The van der Waals surface area contributed by atoms with Crippen molar-refractivity contribution in [2.75, 3.05) is 6.61 Å². The smallest absolute Gasteiger partial charge is 0.308 e. The molecular formula is C63H94O21. The molecule has 0 amide bonds. The number of aliphatic hydroxyl groups is 5. The third-order valence-electron chi connectivity index (χ3n) is 22.8. The Hall–Kier alpha value is -1.81. The van der Waals surface area contributed by atoms with Crippen molar-refractivity contribution in [3.8, 4) is 0 Å². The molecule has 14 fully saturated rings. The molecule has 4 bridgehead atoms. The predicted molar refractivity (Wildman–Crippen MR) is 292 cm³/mol. The first-order valence-corrected chi connectivity index (χ1v) is 32.3. The number of carbonyl (C=O) groups is 1. The van der Waals surface area contributed by atoms with E-state index in [1.54, 1.807) is 0 Å². The molecule has 0 aliphatic carbocycles. The van der Waals surface area contributed by atoms with Gasteiger partial charge in [0.15, 0.2) is 17.7 Å². The standard InChI is InChI=1S/C63H94O21/c1-27-16-36(70-34(8)31(27)5)10-12-40-28(2)17-38(72-40)14-15-62-59(67)63(68,69)58(84-62)56-33(7)55(83-62)57-41(75-56)13-11-37(73-57)18-50(66)78-53-32(6)54-46(71-35(53)9)21-45-48(77-54)24-61(79-45)25-49-52(82-61)30(4)23-60(81-49)22-29(3)51-47(80-60)20-43-44(76-51)19-42(74-43)39(65)26-64/h27,29-30,32-49,51-59,64-65,67-69H,2,5,10-26H2,1,3-4,6-9H3/t27-,29+,30+,32-,33?,34-,35+,36+,37-,38+,39+,40+,41+,42+,43-,44-,45-,46+,47+,48-,49+,51+,52+,53-,54+,55-,56?,57+,58?,59?,60-,61+,62-/m1/s1. The van der Waals surface area contributed by atoms with Gasteiger partial charge in [-0.2, -0.15) is 0 Å². The van der Waals surface area contributed by atoms with Gasteiger partial charge in [0.25, 0.3) is 0 Å². The molecule has 14 aliphatic heterocycles. The molecule has 0 radical (unpaired) electrons. The van der Waals surface area contributed by atoms with E-state index in [2.05, 4.69) is 47.8 Å². The summed E-state index contributed by atoms with van der Waals surface area (Å²) in [6, 6.07) is 0. The Morgan fingerprint density at radius 2 is 1.31 bits per heavy atom. The molecule has 14 aliphatic rings. The third-order valence-corrected chi connectivity index (χ3v) is 22.8. The molecule has 0 saturated carbocycles. The van der Waals surface area contributed by atoms with Crippen molar-refractivity contribution in [1.29, 1.82) is 0 Å². The number of fused-ring (bicyclic) bond motifs is 12. The van der Waals surface area contributed by atoms with Crippen LogP contribution in [-0.4, -0.2) is 214 Å². The summed E-state index contributed by atoms with van der Waals surface area (Å²) < 4.78 is 100. The van der Waals surface area contributed by atoms with E-state index < -0.39 is 102 Å². The highest BCUT2D eigenvalue weighted by atomic mass is 16.8. The Kier molecular flexibility index (Phi) is 15.8. The lowest BCUT2D eigenvalue weighted by Crippen LogP contribution is -2.67. The second-order valence-electron chi connectivity index (χ2n) is 28.7. The van der Waals surface area contributed by atoms with Crippen LogP contribution in [0.2, 0.25) is 0 Å². The Morgan fingerprint density at radius 3 is 2.10 bits per heavy atom. The van der Waals surface area contributed by atoms with Crippen LogP contribution in [0.3, 0.4) is 0 Å². The molecule has 0 aromatic heterocycles. The Balaban J connectivity index is 0.577. The fourth-order valence-corrected chi connectivity index (χ4v) is 18.4. The van der Waals surface area contributed by atoms with Crippen LogP contribution in [0.5, 0.6) is 0 Å². The van der Waals surface area contributed by atoms with Gasteiger partial charge < -0.3 is 96.6 Å². The van der Waals surface area contributed by atoms with Gasteiger partial charge in [0.2, 0.25) is 11.6 Å². The van der Waals surface area contributed by atoms with E-state index in [1.807, 2.05) is 13.8 Å². The Labute approximate surface area is 493 Å². The summed E-state index contributed by atoms with van der Waals surface area (Å²) >= 11 is 0. The summed E-state index contributed by atoms with van der Waals surface area (Å²) in [6.45, 7) is 22.8. The van der Waals surface area contributed by atoms with E-state index in [9.17, 15) is 30.3 Å². The van der Waals surface area contributed by atoms with Crippen molar-refractivity contribution < 1.29 is 101 Å². The molecule has 4 unspecified atom stereocenters. The highest BCUT2D eigenvalue weighted by Crippen LogP contribution is 2.57. The first kappa shape index (κ1) is 59.8. The SMILES string of the molecule is C=C1C[C@H](CC[C@]23OC(C4O[C@H]5CC[C@H](CC(=O)O[C@@H]6[C@@H](C)[C@@H]7O[C@@H]8C[C@]9(C[C@@H]%10O[C@]%11(C[C@H](C)[C@@H]%12O[C@@H]%13C[C@@H]([C@@H](O)CO)O[C@@H]%13C[C@@H]%12O%11)C[C@H](C)[C@@H]%10O9)O[C@@H]8C[C@@H]7O[C@H]6C)O[C@@H]5[C@H](O2)C4C)C(O)(O)C3O)O[C@H]1CC[C@H]1C[C@@H](C)C(=C)[C@@H](C)O1. The largest absolute Gasteiger partial charge is 0.459 e. The van der Waals surface area contributed by atoms with Crippen molar-refractivity contribution in [1.82, 2.24) is 0 Å². The summed E-state index contributed by atoms with van der Waals surface area (Å²) in [5.41, 5.74) is 2.13. The minimum atomic E-state index is -2.64. The summed E-state index contributed by atoms with van der Waals surface area (Å²) in [6.07, 6.45) is -2.34. The second kappa shape index (κ2) is 22.2. The normalized spacial score (nSPS) is 55.6. The van der Waals surface area contributed by atoms with Gasteiger partial charge in [0, 0.05) is 63.2 Å². The molecule has 33 atom stereocenters. The monoisotopic (exact) mass is 1190 g/mol. The number of esters is 1. The first-order valence-electron chi connectivity index (χ1n) is 32.3. The van der Waals surface area contributed by atoms with E-state index >= 15 is 0 Å². The zero-order valence-electron chi connectivity index (χ0n) is 50.0. The molecule has 14 rings (SSSR count). The van der Waals surface area contributed by atoms with Crippen molar-refractivity contribution in [3.63, 3.8) is 0 Å². The number of aliphatic hydroxyl groups excluding tert-OH is 3. The van der Waals surface area contributed by atoms with Gasteiger partial charge in [-0.25, -0.2) is 0 Å². The number of carbonyl (C=O) groups excluding carboxylic acids is 1. The topological polar surface area (TPSA) is 257 Å². The Bertz CT molecular complexity index is 2450. The van der Waals surface area contributed by atoms with E-state index in [1.165, 1.54) is 0 Å². The predicted octanol–water partition coefficient (Wildman–Crippen LogP) is 4.49. The van der Waals surface area contributed by atoms with E-state index in [4.69, 9.17) is 71.1 Å². The number of rotatable bonds is 11. The highest BCUT2D eigenvalue weighted by Gasteiger charge is 2.72. The summed E-state index contributed by atoms with van der Waals surface area (Å²) in [5, 5.41) is 54.7. The van der Waals surface area contributed by atoms with Gasteiger partial charge in [-0.1, -0.05) is 47.8 Å². The van der Waals surface area contributed by atoms with Crippen LogP contribution in [0.15, 0.2) is 24.3 Å². The van der Waals surface area contributed by atoms with Crippen LogP contribution in [-0.2, 0) is 75.8 Å². The maximum atomic E-state index is 14.1. The molecule has 5 N–H and O–H groups in total. The van der Waals surface area contributed by atoms with Crippen LogP contribution in [0.4, 0.5) is 0 Å². The van der Waals surface area contributed by atoms with Gasteiger partial charge in [-0.15, -0.1) is 0 Å². The molecule has 0 aromatic carbocycles. The van der Waals surface area contributed by atoms with Gasteiger partial charge in [0.05, 0.1) is 135 Å². The number of hydrogen-bond acceptors (Lipinski definition) is 21. The first-order chi connectivity index (χ1) is 40.0. The zero-order valence-corrected chi connectivity index (χ0v) is 50.0. The fourth-order valence-electron chi connectivity index (χ4n) is 18.4. The third kappa shape index (κ3) is 10.4. The van der Waals surface area contributed by atoms with Gasteiger partial charge >= 0.3 is 5.97 Å².